The molecule has 4 nitrogen and oxygen atoms in total. The third-order valence-electron chi connectivity index (χ3n) is 4.30. The van der Waals surface area contributed by atoms with Crippen molar-refractivity contribution in [3.8, 4) is 6.07 Å². The van der Waals surface area contributed by atoms with Gasteiger partial charge < -0.3 is 0 Å². The van der Waals surface area contributed by atoms with Crippen LogP contribution in [0.3, 0.4) is 0 Å². The second-order valence-electron chi connectivity index (χ2n) is 5.60. The van der Waals surface area contributed by atoms with E-state index in [-0.39, 0.29) is 5.41 Å². The molecule has 1 saturated carbocycles. The Kier molecular flexibility index (Phi) is 4.00. The lowest BCUT2D eigenvalue weighted by atomic mass is 9.68. The molecule has 0 atom stereocenters. The third kappa shape index (κ3) is 2.72. The quantitative estimate of drug-likeness (QED) is 0.820. The summed E-state index contributed by atoms with van der Waals surface area (Å²) in [5, 5.41) is 13.6. The number of hydrogen-bond donors (Lipinski definition) is 0. The molecule has 1 fully saturated rings. The van der Waals surface area contributed by atoms with E-state index in [2.05, 4.69) is 23.1 Å². The normalized spacial score (nSPS) is 27.9. The molecule has 0 unspecified atom stereocenters. The summed E-state index contributed by atoms with van der Waals surface area (Å²) in [6.07, 6.45) is 9.31. The maximum Gasteiger partial charge on any atom is 0.138 e. The number of aryl methyl sites for hydroxylation is 1. The Morgan fingerprint density at radius 2 is 2.22 bits per heavy atom. The van der Waals surface area contributed by atoms with Gasteiger partial charge in [0.25, 0.3) is 0 Å². The molecule has 98 valence electrons. The van der Waals surface area contributed by atoms with Crippen LogP contribution in [0.4, 0.5) is 0 Å². The van der Waals surface area contributed by atoms with Crippen LogP contribution in [0.2, 0.25) is 0 Å². The fourth-order valence-electron chi connectivity index (χ4n) is 3.04. The summed E-state index contributed by atoms with van der Waals surface area (Å²) in [4.78, 5) is 4.26. The lowest BCUT2D eigenvalue weighted by molar-refractivity contribution is 0.196. The van der Waals surface area contributed by atoms with Gasteiger partial charge in [-0.05, 0) is 31.6 Å². The van der Waals surface area contributed by atoms with E-state index in [9.17, 15) is 5.26 Å². The second-order valence-corrected chi connectivity index (χ2v) is 5.60. The second kappa shape index (κ2) is 5.51. The molecule has 1 aromatic rings. The summed E-state index contributed by atoms with van der Waals surface area (Å²) in [6.45, 7) is 2.24. The smallest absolute Gasteiger partial charge is 0.138 e. The van der Waals surface area contributed by atoms with Crippen molar-refractivity contribution in [3.63, 3.8) is 0 Å². The van der Waals surface area contributed by atoms with Crippen LogP contribution in [-0.2, 0) is 13.5 Å². The highest BCUT2D eigenvalue weighted by atomic mass is 15.3. The lowest BCUT2D eigenvalue weighted by Gasteiger charge is -2.34. The van der Waals surface area contributed by atoms with Crippen LogP contribution in [0.1, 0.15) is 51.3 Å². The first-order valence-electron chi connectivity index (χ1n) is 6.93. The molecular formula is C14H22N4. The highest BCUT2D eigenvalue weighted by molar-refractivity contribution is 5.07. The molecule has 0 aromatic carbocycles. The molecular weight excluding hydrogens is 224 g/mol. The van der Waals surface area contributed by atoms with E-state index in [1.807, 2.05) is 7.05 Å². The minimum atomic E-state index is -0.203. The fourth-order valence-corrected chi connectivity index (χ4v) is 3.04. The van der Waals surface area contributed by atoms with Gasteiger partial charge in [-0.25, -0.2) is 4.98 Å². The SMILES string of the molecule is CCCC1CCC(C#N)(Cc2ncnn2C)CC1. The van der Waals surface area contributed by atoms with Gasteiger partial charge in [0.2, 0.25) is 0 Å². The first-order valence-corrected chi connectivity index (χ1v) is 6.93. The van der Waals surface area contributed by atoms with Crippen molar-refractivity contribution in [2.24, 2.45) is 18.4 Å². The predicted molar refractivity (Wildman–Crippen MR) is 69.6 cm³/mol. The molecule has 1 heterocycles. The summed E-state index contributed by atoms with van der Waals surface area (Å²) in [5.74, 6) is 1.77. The van der Waals surface area contributed by atoms with Gasteiger partial charge in [-0.15, -0.1) is 0 Å². The van der Waals surface area contributed by atoms with Gasteiger partial charge in [-0.3, -0.25) is 4.68 Å². The molecule has 2 rings (SSSR count). The molecule has 0 saturated heterocycles. The molecule has 18 heavy (non-hydrogen) atoms. The molecule has 4 heteroatoms. The molecule has 0 aliphatic heterocycles. The number of rotatable bonds is 4. The number of hydrogen-bond acceptors (Lipinski definition) is 3. The molecule has 0 bridgehead atoms. The van der Waals surface area contributed by atoms with E-state index in [1.165, 1.54) is 25.7 Å². The highest BCUT2D eigenvalue weighted by Gasteiger charge is 2.36. The third-order valence-corrected chi connectivity index (χ3v) is 4.30. The van der Waals surface area contributed by atoms with E-state index in [0.29, 0.717) is 0 Å². The van der Waals surface area contributed by atoms with Gasteiger partial charge >= 0.3 is 0 Å². The van der Waals surface area contributed by atoms with Crippen LogP contribution in [0.5, 0.6) is 0 Å². The van der Waals surface area contributed by atoms with Gasteiger partial charge in [0.1, 0.15) is 12.2 Å². The van der Waals surface area contributed by atoms with Crippen molar-refractivity contribution in [3.05, 3.63) is 12.2 Å². The fraction of sp³-hybridized carbons (Fsp3) is 0.786. The van der Waals surface area contributed by atoms with Crippen LogP contribution in [0, 0.1) is 22.7 Å². The average molecular weight is 246 g/mol. The molecule has 1 aliphatic rings. The summed E-state index contributed by atoms with van der Waals surface area (Å²) in [5.41, 5.74) is -0.203. The van der Waals surface area contributed by atoms with Crippen molar-refractivity contribution in [1.82, 2.24) is 14.8 Å². The summed E-state index contributed by atoms with van der Waals surface area (Å²) in [6, 6.07) is 2.56. The van der Waals surface area contributed by atoms with Gasteiger partial charge in [0.15, 0.2) is 0 Å². The maximum absolute atomic E-state index is 9.54. The van der Waals surface area contributed by atoms with Gasteiger partial charge in [-0.2, -0.15) is 10.4 Å². The van der Waals surface area contributed by atoms with E-state index in [4.69, 9.17) is 0 Å². The minimum Gasteiger partial charge on any atom is -0.253 e. The van der Waals surface area contributed by atoms with Crippen molar-refractivity contribution < 1.29 is 0 Å². The largest absolute Gasteiger partial charge is 0.253 e. The number of nitriles is 1. The topological polar surface area (TPSA) is 54.5 Å². The summed E-state index contributed by atoms with van der Waals surface area (Å²) >= 11 is 0. The van der Waals surface area contributed by atoms with Crippen LogP contribution in [-0.4, -0.2) is 14.8 Å². The van der Waals surface area contributed by atoms with E-state index in [1.54, 1.807) is 11.0 Å². The molecule has 0 spiro atoms. The standard InChI is InChI=1S/C14H22N4/c1-3-4-12-5-7-14(10-15,8-6-12)9-13-16-11-17-18(13)2/h11-12H,3-9H2,1-2H3. The van der Waals surface area contributed by atoms with Crippen molar-refractivity contribution in [2.75, 3.05) is 0 Å². The van der Waals surface area contributed by atoms with Crippen LogP contribution in [0.25, 0.3) is 0 Å². The minimum absolute atomic E-state index is 0.203. The maximum atomic E-state index is 9.54. The first kappa shape index (κ1) is 13.1. The predicted octanol–water partition coefficient (Wildman–Crippen LogP) is 2.86. The lowest BCUT2D eigenvalue weighted by Crippen LogP contribution is -2.29. The average Bonchev–Trinajstić information content (AvgIpc) is 2.78. The van der Waals surface area contributed by atoms with Crippen molar-refractivity contribution in [2.45, 2.75) is 51.9 Å². The Labute approximate surface area is 109 Å². The zero-order valence-corrected chi connectivity index (χ0v) is 11.4. The molecule has 0 amide bonds. The molecule has 0 N–H and O–H groups in total. The van der Waals surface area contributed by atoms with Crippen LogP contribution >= 0.6 is 0 Å². The Morgan fingerprint density at radius 1 is 1.50 bits per heavy atom. The Morgan fingerprint density at radius 3 is 2.72 bits per heavy atom. The van der Waals surface area contributed by atoms with E-state index < -0.39 is 0 Å². The monoisotopic (exact) mass is 246 g/mol. The highest BCUT2D eigenvalue weighted by Crippen LogP contribution is 2.41. The van der Waals surface area contributed by atoms with Gasteiger partial charge in [0.05, 0.1) is 11.5 Å². The molecule has 1 aromatic heterocycles. The van der Waals surface area contributed by atoms with Crippen LogP contribution < -0.4 is 0 Å². The molecule has 1 aliphatic carbocycles. The van der Waals surface area contributed by atoms with Gasteiger partial charge in [-0.1, -0.05) is 19.8 Å². The zero-order valence-electron chi connectivity index (χ0n) is 11.4. The van der Waals surface area contributed by atoms with Crippen molar-refractivity contribution >= 4 is 0 Å². The first-order chi connectivity index (χ1) is 8.69. The van der Waals surface area contributed by atoms with Crippen LogP contribution in [0.15, 0.2) is 6.33 Å². The Bertz CT molecular complexity index is 421. The summed E-state index contributed by atoms with van der Waals surface area (Å²) in [7, 11) is 1.90. The van der Waals surface area contributed by atoms with E-state index >= 15 is 0 Å². The number of aromatic nitrogens is 3. The van der Waals surface area contributed by atoms with Crippen molar-refractivity contribution in [1.29, 1.82) is 5.26 Å². The van der Waals surface area contributed by atoms with E-state index in [0.717, 1.165) is 31.0 Å². The zero-order chi connectivity index (χ0) is 13.0. The Hall–Kier alpha value is -1.37. The van der Waals surface area contributed by atoms with Gasteiger partial charge in [0, 0.05) is 13.5 Å². The number of nitrogens with zero attached hydrogens (tertiary/aromatic N) is 4. The molecule has 0 radical (unpaired) electrons. The summed E-state index contributed by atoms with van der Waals surface area (Å²) < 4.78 is 1.79. The Balaban J connectivity index is 2.01.